The third kappa shape index (κ3) is 4.53. The van der Waals surface area contributed by atoms with Gasteiger partial charge >= 0.3 is 0 Å². The zero-order valence-electron chi connectivity index (χ0n) is 14.1. The molecule has 2 aromatic heterocycles. The Labute approximate surface area is 146 Å². The molecule has 0 aromatic carbocycles. The normalized spacial score (nSPS) is 16.5. The van der Waals surface area contributed by atoms with Gasteiger partial charge in [-0.3, -0.25) is 19.6 Å². The van der Waals surface area contributed by atoms with Crippen molar-refractivity contribution in [2.24, 2.45) is 0 Å². The highest BCUT2D eigenvalue weighted by Crippen LogP contribution is 2.20. The third-order valence-electron chi connectivity index (χ3n) is 4.09. The molecule has 0 saturated carbocycles. The second-order valence-electron chi connectivity index (χ2n) is 6.04. The number of hydrogen-bond acceptors (Lipinski definition) is 5. The zero-order valence-corrected chi connectivity index (χ0v) is 14.1. The Balaban J connectivity index is 1.61. The maximum atomic E-state index is 12.3. The van der Waals surface area contributed by atoms with Gasteiger partial charge in [0.15, 0.2) is 0 Å². The Bertz CT molecular complexity index is 750. The Morgan fingerprint density at radius 3 is 2.88 bits per heavy atom. The maximum absolute atomic E-state index is 12.3. The van der Waals surface area contributed by atoms with Gasteiger partial charge in [-0.1, -0.05) is 6.07 Å². The highest BCUT2D eigenvalue weighted by Gasteiger charge is 2.23. The van der Waals surface area contributed by atoms with E-state index in [-0.39, 0.29) is 17.9 Å². The van der Waals surface area contributed by atoms with Crippen molar-refractivity contribution >= 4 is 17.5 Å². The third-order valence-corrected chi connectivity index (χ3v) is 4.09. The number of aromatic nitrogens is 2. The molecule has 1 aliphatic rings. The zero-order chi connectivity index (χ0) is 17.6. The van der Waals surface area contributed by atoms with Crippen LogP contribution in [0, 0.1) is 0 Å². The fourth-order valence-corrected chi connectivity index (χ4v) is 2.90. The molecule has 7 nitrogen and oxygen atoms in total. The number of nitrogens with zero attached hydrogens (tertiary/aromatic N) is 3. The molecule has 3 heterocycles. The summed E-state index contributed by atoms with van der Waals surface area (Å²) in [5, 5.41) is 5.76. The molecule has 0 aliphatic carbocycles. The lowest BCUT2D eigenvalue weighted by Crippen LogP contribution is -2.35. The maximum Gasteiger partial charge on any atom is 0.270 e. The Kier molecular flexibility index (Phi) is 5.23. The summed E-state index contributed by atoms with van der Waals surface area (Å²) in [4.78, 5) is 34.0. The Morgan fingerprint density at radius 1 is 1.24 bits per heavy atom. The fourth-order valence-electron chi connectivity index (χ4n) is 2.90. The predicted molar refractivity (Wildman–Crippen MR) is 94.1 cm³/mol. The fraction of sp³-hybridized carbons (Fsp3) is 0.333. The summed E-state index contributed by atoms with van der Waals surface area (Å²) in [5.74, 6) is -0.249. The van der Waals surface area contributed by atoms with Gasteiger partial charge in [0.1, 0.15) is 5.69 Å². The largest absolute Gasteiger partial charge is 0.369 e. The van der Waals surface area contributed by atoms with Gasteiger partial charge in [0.2, 0.25) is 5.91 Å². The number of carbonyl (C=O) groups is 2. The van der Waals surface area contributed by atoms with E-state index in [0.29, 0.717) is 12.2 Å². The SMILES string of the molecule is CC(=O)N[C@H]1CCN(c2ccnc(C(=O)NCc3ccccn3)c2)C1. The van der Waals surface area contributed by atoms with E-state index in [1.165, 1.54) is 6.92 Å². The summed E-state index contributed by atoms with van der Waals surface area (Å²) in [6.07, 6.45) is 4.22. The number of rotatable bonds is 5. The topological polar surface area (TPSA) is 87.2 Å². The quantitative estimate of drug-likeness (QED) is 0.852. The number of amides is 2. The molecule has 2 aromatic rings. The molecule has 0 unspecified atom stereocenters. The van der Waals surface area contributed by atoms with Crippen molar-refractivity contribution in [1.82, 2.24) is 20.6 Å². The van der Waals surface area contributed by atoms with E-state index < -0.39 is 0 Å². The van der Waals surface area contributed by atoms with Crippen molar-refractivity contribution in [2.45, 2.75) is 25.9 Å². The lowest BCUT2D eigenvalue weighted by Gasteiger charge is -2.19. The molecular weight excluding hydrogens is 318 g/mol. The van der Waals surface area contributed by atoms with Crippen LogP contribution >= 0.6 is 0 Å². The minimum atomic E-state index is -0.231. The molecule has 25 heavy (non-hydrogen) atoms. The first-order valence-corrected chi connectivity index (χ1v) is 8.28. The number of carbonyl (C=O) groups excluding carboxylic acids is 2. The lowest BCUT2D eigenvalue weighted by atomic mass is 10.2. The average molecular weight is 339 g/mol. The molecule has 1 atom stereocenters. The molecule has 3 rings (SSSR count). The van der Waals surface area contributed by atoms with Gasteiger partial charge in [-0.15, -0.1) is 0 Å². The van der Waals surface area contributed by atoms with Crippen LogP contribution in [0.4, 0.5) is 5.69 Å². The highest BCUT2D eigenvalue weighted by atomic mass is 16.2. The molecule has 2 N–H and O–H groups in total. The van der Waals surface area contributed by atoms with Crippen LogP contribution in [0.25, 0.3) is 0 Å². The summed E-state index contributed by atoms with van der Waals surface area (Å²) in [7, 11) is 0. The average Bonchev–Trinajstić information content (AvgIpc) is 3.08. The number of pyridine rings is 2. The first-order valence-electron chi connectivity index (χ1n) is 8.28. The van der Waals surface area contributed by atoms with Crippen LogP contribution in [0.15, 0.2) is 42.7 Å². The molecule has 1 saturated heterocycles. The van der Waals surface area contributed by atoms with Gasteiger partial charge in [-0.25, -0.2) is 0 Å². The van der Waals surface area contributed by atoms with Crippen LogP contribution in [-0.2, 0) is 11.3 Å². The molecule has 7 heteroatoms. The summed E-state index contributed by atoms with van der Waals surface area (Å²) in [6, 6.07) is 9.38. The molecule has 0 bridgehead atoms. The van der Waals surface area contributed by atoms with Gasteiger partial charge in [0, 0.05) is 44.1 Å². The van der Waals surface area contributed by atoms with Crippen LogP contribution in [0.3, 0.4) is 0 Å². The van der Waals surface area contributed by atoms with E-state index in [1.54, 1.807) is 18.5 Å². The second-order valence-corrected chi connectivity index (χ2v) is 6.04. The van der Waals surface area contributed by atoms with Crippen LogP contribution < -0.4 is 15.5 Å². The molecule has 2 amide bonds. The summed E-state index contributed by atoms with van der Waals surface area (Å²) in [5.41, 5.74) is 2.10. The first-order chi connectivity index (χ1) is 12.1. The van der Waals surface area contributed by atoms with Crippen molar-refractivity contribution in [3.8, 4) is 0 Å². The van der Waals surface area contributed by atoms with Gasteiger partial charge < -0.3 is 15.5 Å². The smallest absolute Gasteiger partial charge is 0.270 e. The summed E-state index contributed by atoms with van der Waals surface area (Å²) >= 11 is 0. The van der Waals surface area contributed by atoms with Gasteiger partial charge in [0.05, 0.1) is 12.2 Å². The van der Waals surface area contributed by atoms with E-state index in [4.69, 9.17) is 0 Å². The Hall–Kier alpha value is -2.96. The monoisotopic (exact) mass is 339 g/mol. The van der Waals surface area contributed by atoms with Gasteiger partial charge in [-0.2, -0.15) is 0 Å². The standard InChI is InChI=1S/C18H21N5O2/c1-13(24)22-15-6-9-23(12-15)16-5-8-20-17(10-16)18(25)21-11-14-4-2-3-7-19-14/h2-5,7-8,10,15H,6,9,11-12H2,1H3,(H,21,25)(H,22,24)/t15-/m0/s1. The van der Waals surface area contributed by atoms with Crippen molar-refractivity contribution < 1.29 is 9.59 Å². The predicted octanol–water partition coefficient (Wildman–Crippen LogP) is 1.12. The van der Waals surface area contributed by atoms with E-state index in [0.717, 1.165) is 30.9 Å². The van der Waals surface area contributed by atoms with E-state index in [2.05, 4.69) is 25.5 Å². The van der Waals surface area contributed by atoms with E-state index in [9.17, 15) is 9.59 Å². The van der Waals surface area contributed by atoms with Crippen molar-refractivity contribution in [2.75, 3.05) is 18.0 Å². The molecule has 1 fully saturated rings. The van der Waals surface area contributed by atoms with E-state index >= 15 is 0 Å². The van der Waals surface area contributed by atoms with Crippen molar-refractivity contribution in [1.29, 1.82) is 0 Å². The minimum absolute atomic E-state index is 0.0174. The molecule has 0 spiro atoms. The number of nitrogens with one attached hydrogen (secondary N) is 2. The molecule has 130 valence electrons. The minimum Gasteiger partial charge on any atom is -0.369 e. The van der Waals surface area contributed by atoms with Crippen LogP contribution in [0.5, 0.6) is 0 Å². The van der Waals surface area contributed by atoms with Crippen LogP contribution in [0.2, 0.25) is 0 Å². The van der Waals surface area contributed by atoms with Gasteiger partial charge in [0.25, 0.3) is 5.91 Å². The Morgan fingerprint density at radius 2 is 2.12 bits per heavy atom. The van der Waals surface area contributed by atoms with Gasteiger partial charge in [-0.05, 0) is 30.7 Å². The first kappa shape index (κ1) is 16.9. The number of anilines is 1. The summed E-state index contributed by atoms with van der Waals surface area (Å²) in [6.45, 7) is 3.46. The van der Waals surface area contributed by atoms with E-state index in [1.807, 2.05) is 24.3 Å². The highest BCUT2D eigenvalue weighted by molar-refractivity contribution is 5.93. The molecular formula is C18H21N5O2. The van der Waals surface area contributed by atoms with Crippen molar-refractivity contribution in [3.63, 3.8) is 0 Å². The van der Waals surface area contributed by atoms with Crippen molar-refractivity contribution in [3.05, 3.63) is 54.1 Å². The number of hydrogen-bond donors (Lipinski definition) is 2. The lowest BCUT2D eigenvalue weighted by molar-refractivity contribution is -0.119. The van der Waals surface area contributed by atoms with Crippen LogP contribution in [-0.4, -0.2) is 40.9 Å². The second kappa shape index (κ2) is 7.74. The summed E-state index contributed by atoms with van der Waals surface area (Å²) < 4.78 is 0. The molecule has 1 aliphatic heterocycles. The molecule has 0 radical (unpaired) electrons. The van der Waals surface area contributed by atoms with Crippen LogP contribution in [0.1, 0.15) is 29.5 Å².